The van der Waals surface area contributed by atoms with Crippen LogP contribution in [0.25, 0.3) is 0 Å². The van der Waals surface area contributed by atoms with Gasteiger partial charge in [0.25, 0.3) is 0 Å². The average molecular weight is 312 g/mol. The fourth-order valence-corrected chi connectivity index (χ4v) is 2.81. The lowest BCUT2D eigenvalue weighted by Gasteiger charge is -2.29. The molecule has 0 saturated carbocycles. The Kier molecular flexibility index (Phi) is 6.77. The van der Waals surface area contributed by atoms with E-state index in [4.69, 9.17) is 9.47 Å². The van der Waals surface area contributed by atoms with E-state index in [9.17, 15) is 8.78 Å². The van der Waals surface area contributed by atoms with Crippen LogP contribution in [-0.2, 0) is 15.9 Å². The molecule has 0 aromatic heterocycles. The molecule has 1 aliphatic rings. The van der Waals surface area contributed by atoms with E-state index in [-0.39, 0.29) is 11.9 Å². The van der Waals surface area contributed by atoms with Crippen LogP contribution in [0.2, 0.25) is 0 Å². The molecule has 22 heavy (non-hydrogen) atoms. The van der Waals surface area contributed by atoms with Crippen LogP contribution in [0.15, 0.2) is 12.1 Å². The molecule has 124 valence electrons. The zero-order valence-corrected chi connectivity index (χ0v) is 13.5. The van der Waals surface area contributed by atoms with Crippen molar-refractivity contribution in [2.24, 2.45) is 5.92 Å². The SMILES string of the molecule is CCCC1COC(CCCCc2cc(F)c(C)c(F)c2)OC1. The minimum Gasteiger partial charge on any atom is -0.352 e. The molecular weight excluding hydrogens is 286 g/mol. The molecule has 0 amide bonds. The quantitative estimate of drug-likeness (QED) is 0.675. The van der Waals surface area contributed by atoms with Gasteiger partial charge in [0, 0.05) is 11.5 Å². The fraction of sp³-hybridized carbons (Fsp3) is 0.667. The van der Waals surface area contributed by atoms with E-state index in [0.29, 0.717) is 17.9 Å². The zero-order chi connectivity index (χ0) is 15.9. The average Bonchev–Trinajstić information content (AvgIpc) is 2.51. The van der Waals surface area contributed by atoms with Crippen LogP contribution in [0.4, 0.5) is 8.78 Å². The maximum Gasteiger partial charge on any atom is 0.157 e. The Labute approximate surface area is 131 Å². The highest BCUT2D eigenvalue weighted by Crippen LogP contribution is 2.20. The molecule has 0 radical (unpaired) electrons. The maximum atomic E-state index is 13.5. The van der Waals surface area contributed by atoms with E-state index in [1.165, 1.54) is 19.1 Å². The molecule has 2 nitrogen and oxygen atoms in total. The van der Waals surface area contributed by atoms with E-state index in [1.54, 1.807) is 0 Å². The lowest BCUT2D eigenvalue weighted by Crippen LogP contribution is -2.31. The molecule has 0 spiro atoms. The number of benzene rings is 1. The Hall–Kier alpha value is -1.00. The number of aryl methyl sites for hydroxylation is 1. The summed E-state index contributed by atoms with van der Waals surface area (Å²) >= 11 is 0. The molecular formula is C18H26F2O2. The van der Waals surface area contributed by atoms with Gasteiger partial charge in [-0.25, -0.2) is 8.78 Å². The second-order valence-electron chi connectivity index (χ2n) is 6.18. The van der Waals surface area contributed by atoms with E-state index in [0.717, 1.165) is 45.3 Å². The molecule has 0 aliphatic carbocycles. The van der Waals surface area contributed by atoms with Gasteiger partial charge in [-0.1, -0.05) is 13.3 Å². The van der Waals surface area contributed by atoms with Gasteiger partial charge in [0.1, 0.15) is 11.6 Å². The van der Waals surface area contributed by atoms with E-state index >= 15 is 0 Å². The summed E-state index contributed by atoms with van der Waals surface area (Å²) in [6.45, 7) is 5.20. The first-order valence-electron chi connectivity index (χ1n) is 8.28. The van der Waals surface area contributed by atoms with Crippen LogP contribution in [0.3, 0.4) is 0 Å². The molecule has 1 aliphatic heterocycles. The van der Waals surface area contributed by atoms with Gasteiger partial charge >= 0.3 is 0 Å². The van der Waals surface area contributed by atoms with E-state index in [2.05, 4.69) is 6.92 Å². The van der Waals surface area contributed by atoms with Crippen molar-refractivity contribution >= 4 is 0 Å². The smallest absolute Gasteiger partial charge is 0.157 e. The summed E-state index contributed by atoms with van der Waals surface area (Å²) in [6, 6.07) is 2.86. The Bertz CT molecular complexity index is 445. The molecule has 4 heteroatoms. The number of hydrogen-bond acceptors (Lipinski definition) is 2. The van der Waals surface area contributed by atoms with Crippen molar-refractivity contribution in [1.29, 1.82) is 0 Å². The Morgan fingerprint density at radius 1 is 1.05 bits per heavy atom. The van der Waals surface area contributed by atoms with Crippen LogP contribution >= 0.6 is 0 Å². The Balaban J connectivity index is 1.66. The van der Waals surface area contributed by atoms with Crippen LogP contribution in [0, 0.1) is 24.5 Å². The highest BCUT2D eigenvalue weighted by molar-refractivity contribution is 5.25. The summed E-state index contributed by atoms with van der Waals surface area (Å²) in [6.07, 6.45) is 5.53. The highest BCUT2D eigenvalue weighted by atomic mass is 19.1. The number of rotatable bonds is 7. The van der Waals surface area contributed by atoms with Crippen molar-refractivity contribution in [3.63, 3.8) is 0 Å². The van der Waals surface area contributed by atoms with Crippen molar-refractivity contribution < 1.29 is 18.3 Å². The Morgan fingerprint density at radius 3 is 2.27 bits per heavy atom. The van der Waals surface area contributed by atoms with Gasteiger partial charge in [-0.3, -0.25) is 0 Å². The van der Waals surface area contributed by atoms with E-state index in [1.807, 2.05) is 0 Å². The topological polar surface area (TPSA) is 18.5 Å². The third-order valence-electron chi connectivity index (χ3n) is 4.23. The van der Waals surface area contributed by atoms with Gasteiger partial charge in [0.05, 0.1) is 13.2 Å². The van der Waals surface area contributed by atoms with Crippen LogP contribution < -0.4 is 0 Å². The number of ether oxygens (including phenoxy) is 2. The predicted molar refractivity (Wildman–Crippen MR) is 82.7 cm³/mol. The van der Waals surface area contributed by atoms with Crippen molar-refractivity contribution in [3.8, 4) is 0 Å². The second kappa shape index (κ2) is 8.59. The third-order valence-corrected chi connectivity index (χ3v) is 4.23. The predicted octanol–water partition coefficient (Wildman–Crippen LogP) is 4.78. The molecule has 1 aromatic carbocycles. The molecule has 1 fully saturated rings. The van der Waals surface area contributed by atoms with Gasteiger partial charge in [0.2, 0.25) is 0 Å². The van der Waals surface area contributed by atoms with Crippen molar-refractivity contribution in [1.82, 2.24) is 0 Å². The molecule has 0 unspecified atom stereocenters. The van der Waals surface area contributed by atoms with Gasteiger partial charge < -0.3 is 9.47 Å². The summed E-state index contributed by atoms with van der Waals surface area (Å²) in [7, 11) is 0. The number of hydrogen-bond donors (Lipinski definition) is 0. The molecule has 1 saturated heterocycles. The van der Waals surface area contributed by atoms with Crippen molar-refractivity contribution in [2.45, 2.75) is 58.7 Å². The number of unbranched alkanes of at least 4 members (excludes halogenated alkanes) is 1. The van der Waals surface area contributed by atoms with Crippen molar-refractivity contribution in [3.05, 3.63) is 34.9 Å². The van der Waals surface area contributed by atoms with Gasteiger partial charge in [0.15, 0.2) is 6.29 Å². The molecule has 0 atom stereocenters. The number of halogens is 2. The summed E-state index contributed by atoms with van der Waals surface area (Å²) in [5.41, 5.74) is 0.809. The monoisotopic (exact) mass is 312 g/mol. The molecule has 2 rings (SSSR count). The van der Waals surface area contributed by atoms with Crippen LogP contribution in [0.5, 0.6) is 0 Å². The summed E-state index contributed by atoms with van der Waals surface area (Å²) in [5.74, 6) is -0.397. The first-order valence-corrected chi connectivity index (χ1v) is 8.28. The van der Waals surface area contributed by atoms with Gasteiger partial charge in [-0.2, -0.15) is 0 Å². The largest absolute Gasteiger partial charge is 0.352 e. The zero-order valence-electron chi connectivity index (χ0n) is 13.5. The maximum absolute atomic E-state index is 13.5. The molecule has 1 heterocycles. The normalized spacial score (nSPS) is 22.0. The molecule has 1 aromatic rings. The Morgan fingerprint density at radius 2 is 1.68 bits per heavy atom. The minimum absolute atomic E-state index is 0.0920. The molecule has 0 N–H and O–H groups in total. The molecule has 0 bridgehead atoms. The highest BCUT2D eigenvalue weighted by Gasteiger charge is 2.21. The van der Waals surface area contributed by atoms with Crippen LogP contribution in [-0.4, -0.2) is 19.5 Å². The first kappa shape index (κ1) is 17.4. The van der Waals surface area contributed by atoms with Crippen molar-refractivity contribution in [2.75, 3.05) is 13.2 Å². The standard InChI is InChI=1S/C18H26F2O2/c1-3-6-15-11-21-18(22-12-15)8-5-4-7-14-9-16(19)13(2)17(20)10-14/h9-10,15,18H,3-8,11-12H2,1-2H3. The summed E-state index contributed by atoms with van der Waals surface area (Å²) < 4.78 is 38.3. The summed E-state index contributed by atoms with van der Waals surface area (Å²) in [5, 5.41) is 0. The van der Waals surface area contributed by atoms with Gasteiger partial charge in [-0.15, -0.1) is 0 Å². The van der Waals surface area contributed by atoms with Gasteiger partial charge in [-0.05, 0) is 56.7 Å². The third kappa shape index (κ3) is 5.03. The lowest BCUT2D eigenvalue weighted by molar-refractivity contribution is -0.204. The second-order valence-corrected chi connectivity index (χ2v) is 6.18. The fourth-order valence-electron chi connectivity index (χ4n) is 2.81. The summed E-state index contributed by atoms with van der Waals surface area (Å²) in [4.78, 5) is 0. The minimum atomic E-state index is -0.462. The van der Waals surface area contributed by atoms with Crippen LogP contribution in [0.1, 0.15) is 50.2 Å². The lowest BCUT2D eigenvalue weighted by atomic mass is 10.0. The first-order chi connectivity index (χ1) is 10.6. The van der Waals surface area contributed by atoms with E-state index < -0.39 is 11.6 Å².